The Morgan fingerprint density at radius 2 is 2.00 bits per heavy atom. The minimum atomic E-state index is -0.696. The Labute approximate surface area is 145 Å². The Balaban J connectivity index is 1.73. The van der Waals surface area contributed by atoms with Gasteiger partial charge in [0, 0.05) is 24.4 Å². The van der Waals surface area contributed by atoms with E-state index in [0.717, 1.165) is 12.8 Å². The van der Waals surface area contributed by atoms with Crippen LogP contribution in [0.2, 0.25) is 0 Å². The van der Waals surface area contributed by atoms with Gasteiger partial charge in [-0.15, -0.1) is 0 Å². The fourth-order valence-corrected chi connectivity index (χ4v) is 5.37. The molecular weight excluding hydrogens is 304 g/mol. The van der Waals surface area contributed by atoms with Crippen molar-refractivity contribution in [3.63, 3.8) is 0 Å². The summed E-state index contributed by atoms with van der Waals surface area (Å²) < 4.78 is 5.90. The second-order valence-electron chi connectivity index (χ2n) is 7.96. The maximum Gasteiger partial charge on any atom is 0.168 e. The van der Waals surface area contributed by atoms with E-state index in [4.69, 9.17) is 4.74 Å². The van der Waals surface area contributed by atoms with Gasteiger partial charge in [-0.2, -0.15) is 0 Å². The first-order chi connectivity index (χ1) is 11.5. The maximum absolute atomic E-state index is 12.5. The first-order valence-electron chi connectivity index (χ1n) is 9.74. The van der Waals surface area contributed by atoms with Gasteiger partial charge >= 0.3 is 0 Å². The lowest BCUT2D eigenvalue weighted by atomic mass is 9.50. The van der Waals surface area contributed by atoms with Crippen LogP contribution < -0.4 is 0 Å². The smallest absolute Gasteiger partial charge is 0.168 e. The fourth-order valence-electron chi connectivity index (χ4n) is 5.37. The van der Waals surface area contributed by atoms with Crippen LogP contribution in [0.1, 0.15) is 58.8 Å². The molecule has 0 aromatic heterocycles. The number of aliphatic hydroxyl groups is 2. The van der Waals surface area contributed by atoms with Crippen LogP contribution >= 0.6 is 0 Å². The largest absolute Gasteiger partial charge is 0.393 e. The zero-order valence-corrected chi connectivity index (χ0v) is 15.0. The summed E-state index contributed by atoms with van der Waals surface area (Å²) in [5.74, 6) is 0.382. The van der Waals surface area contributed by atoms with Gasteiger partial charge in [0.1, 0.15) is 5.60 Å². The first-order valence-corrected chi connectivity index (χ1v) is 9.74. The van der Waals surface area contributed by atoms with E-state index in [2.05, 4.69) is 0 Å². The van der Waals surface area contributed by atoms with Gasteiger partial charge in [0.05, 0.1) is 12.2 Å². The summed E-state index contributed by atoms with van der Waals surface area (Å²) in [4.78, 5) is 12.5. The van der Waals surface area contributed by atoms with Gasteiger partial charge in [-0.25, -0.2) is 0 Å². The molecule has 4 nitrogen and oxygen atoms in total. The van der Waals surface area contributed by atoms with E-state index in [0.29, 0.717) is 25.4 Å². The third kappa shape index (κ3) is 2.97. The van der Waals surface area contributed by atoms with Gasteiger partial charge < -0.3 is 14.9 Å². The summed E-state index contributed by atoms with van der Waals surface area (Å²) in [5.41, 5.74) is -0.696. The number of carbonyl (C=O) groups excluding carboxylic acids is 1. The third-order valence-corrected chi connectivity index (χ3v) is 6.64. The summed E-state index contributed by atoms with van der Waals surface area (Å²) in [7, 11) is 0. The minimum Gasteiger partial charge on any atom is -0.393 e. The Kier molecular flexibility index (Phi) is 5.48. The Hall–Kier alpha value is -0.710. The highest BCUT2D eigenvalue weighted by Gasteiger charge is 2.65. The van der Waals surface area contributed by atoms with E-state index in [1.165, 1.54) is 19.3 Å². The second-order valence-corrected chi connectivity index (χ2v) is 7.96. The molecule has 0 aliphatic heterocycles. The maximum atomic E-state index is 12.5. The quantitative estimate of drug-likeness (QED) is 0.758. The average molecular weight is 336 g/mol. The molecule has 6 atom stereocenters. The molecule has 0 heterocycles. The molecule has 3 rings (SSSR count). The third-order valence-electron chi connectivity index (χ3n) is 6.64. The summed E-state index contributed by atoms with van der Waals surface area (Å²) >= 11 is 0. The molecule has 4 heteroatoms. The van der Waals surface area contributed by atoms with Gasteiger partial charge in [0.25, 0.3) is 0 Å². The fraction of sp³-hybridized carbons (Fsp3) is 0.850. The number of Topliss-reactive ketones (excluding diaryl/α,β-unsaturated/α-hetero) is 1. The second kappa shape index (κ2) is 7.27. The molecule has 3 saturated carbocycles. The van der Waals surface area contributed by atoms with Crippen molar-refractivity contribution in [2.24, 2.45) is 23.7 Å². The van der Waals surface area contributed by atoms with Gasteiger partial charge in [-0.05, 0) is 38.5 Å². The van der Waals surface area contributed by atoms with Crippen LogP contribution in [0.3, 0.4) is 0 Å². The van der Waals surface area contributed by atoms with E-state index in [9.17, 15) is 15.0 Å². The zero-order valence-electron chi connectivity index (χ0n) is 15.0. The number of hydrogen-bond acceptors (Lipinski definition) is 4. The number of carbonyl (C=O) groups is 1. The summed E-state index contributed by atoms with van der Waals surface area (Å²) in [6, 6.07) is 0. The molecule has 3 aliphatic carbocycles. The van der Waals surface area contributed by atoms with E-state index in [-0.39, 0.29) is 23.5 Å². The molecule has 2 N–H and O–H groups in total. The number of ketones is 1. The highest BCUT2D eigenvalue weighted by molar-refractivity contribution is 5.96. The van der Waals surface area contributed by atoms with Crippen molar-refractivity contribution in [1.29, 1.82) is 0 Å². The lowest BCUT2D eigenvalue weighted by Gasteiger charge is -2.58. The predicted octanol–water partition coefficient (Wildman–Crippen LogP) is 2.87. The van der Waals surface area contributed by atoms with E-state index in [1.54, 1.807) is 0 Å². The van der Waals surface area contributed by atoms with Crippen LogP contribution in [-0.4, -0.2) is 40.4 Å². The van der Waals surface area contributed by atoms with Crippen molar-refractivity contribution in [2.45, 2.75) is 76.6 Å². The molecule has 0 bridgehead atoms. The molecule has 0 aromatic rings. The van der Waals surface area contributed by atoms with Crippen LogP contribution in [0.5, 0.6) is 0 Å². The zero-order chi connectivity index (χ0) is 17.3. The molecule has 1 unspecified atom stereocenters. The standard InChI is InChI=1S/C20H32O4/c1-3-24-20-12-11-17(22)15(18(20)13(2)19(20)23)9-10-16(21)14-7-5-4-6-8-14/h9-10,13-18,21-22H,3-8,11-12H2,1-2H3/t13?,15-,16+,17+,18+,20+/m0/s1. The molecule has 0 aromatic carbocycles. The average Bonchev–Trinajstić information content (AvgIpc) is 2.61. The molecule has 0 spiro atoms. The Bertz CT molecular complexity index is 482. The molecule has 24 heavy (non-hydrogen) atoms. The molecular formula is C20H32O4. The normalized spacial score (nSPS) is 41.9. The van der Waals surface area contributed by atoms with E-state index >= 15 is 0 Å². The van der Waals surface area contributed by atoms with Gasteiger partial charge in [-0.3, -0.25) is 4.79 Å². The number of ether oxygens (including phenoxy) is 1. The van der Waals surface area contributed by atoms with Crippen molar-refractivity contribution in [2.75, 3.05) is 6.61 Å². The van der Waals surface area contributed by atoms with Crippen LogP contribution in [0.25, 0.3) is 0 Å². The highest BCUT2D eigenvalue weighted by atomic mass is 16.5. The summed E-state index contributed by atoms with van der Waals surface area (Å²) in [6.45, 7) is 4.39. The monoisotopic (exact) mass is 336 g/mol. The number of rotatable bonds is 5. The minimum absolute atomic E-state index is 0.0310. The Morgan fingerprint density at radius 1 is 1.29 bits per heavy atom. The summed E-state index contributed by atoms with van der Waals surface area (Å²) in [6.07, 6.45) is 10.0. The van der Waals surface area contributed by atoms with Gasteiger partial charge in [0.2, 0.25) is 0 Å². The van der Waals surface area contributed by atoms with Crippen molar-refractivity contribution in [3.05, 3.63) is 12.2 Å². The molecule has 0 radical (unpaired) electrons. The highest BCUT2D eigenvalue weighted by Crippen LogP contribution is 2.55. The van der Waals surface area contributed by atoms with E-state index in [1.807, 2.05) is 26.0 Å². The molecule has 3 fully saturated rings. The van der Waals surface area contributed by atoms with Gasteiger partial charge in [0.15, 0.2) is 5.78 Å². The molecule has 0 saturated heterocycles. The molecule has 3 aliphatic rings. The number of aliphatic hydroxyl groups excluding tert-OH is 2. The van der Waals surface area contributed by atoms with Gasteiger partial charge in [-0.1, -0.05) is 38.3 Å². The number of hydrogen-bond donors (Lipinski definition) is 2. The predicted molar refractivity (Wildman–Crippen MR) is 92.5 cm³/mol. The SMILES string of the molecule is CCO[C@]12CC[C@@H](O)[C@H](C=C[C@@H](O)C3CCCCC3)[C@H]1C(C)C2=O. The lowest BCUT2D eigenvalue weighted by Crippen LogP contribution is -2.69. The van der Waals surface area contributed by atoms with Crippen LogP contribution in [0, 0.1) is 23.7 Å². The summed E-state index contributed by atoms with van der Waals surface area (Å²) in [5, 5.41) is 21.0. The first kappa shape index (κ1) is 18.1. The van der Waals surface area contributed by atoms with Crippen LogP contribution in [0.4, 0.5) is 0 Å². The topological polar surface area (TPSA) is 66.8 Å². The van der Waals surface area contributed by atoms with Crippen LogP contribution in [-0.2, 0) is 9.53 Å². The molecule has 0 amide bonds. The van der Waals surface area contributed by atoms with Crippen molar-refractivity contribution >= 4 is 5.78 Å². The van der Waals surface area contributed by atoms with Crippen molar-refractivity contribution in [3.8, 4) is 0 Å². The van der Waals surface area contributed by atoms with E-state index < -0.39 is 17.8 Å². The van der Waals surface area contributed by atoms with Crippen LogP contribution in [0.15, 0.2) is 12.2 Å². The Morgan fingerprint density at radius 3 is 2.67 bits per heavy atom. The lowest BCUT2D eigenvalue weighted by molar-refractivity contribution is -0.212. The number of fused-ring (bicyclic) bond motifs is 1. The molecule has 136 valence electrons. The van der Waals surface area contributed by atoms with Crippen molar-refractivity contribution in [1.82, 2.24) is 0 Å². The van der Waals surface area contributed by atoms with Crippen molar-refractivity contribution < 1.29 is 19.7 Å².